The number of esters is 1. The van der Waals surface area contributed by atoms with Gasteiger partial charge < -0.3 is 10.1 Å². The first-order chi connectivity index (χ1) is 7.10. The Morgan fingerprint density at radius 3 is 2.53 bits per heavy atom. The Morgan fingerprint density at radius 2 is 2.00 bits per heavy atom. The molecule has 0 spiro atoms. The minimum Gasteiger partial charge on any atom is -0.469 e. The van der Waals surface area contributed by atoms with Gasteiger partial charge >= 0.3 is 5.97 Å². The first-order valence-corrected chi connectivity index (χ1v) is 4.32. The molecule has 0 aliphatic carbocycles. The summed E-state index contributed by atoms with van der Waals surface area (Å²) >= 11 is 0. The molecule has 15 heavy (non-hydrogen) atoms. The minimum absolute atomic E-state index is 0.00343. The highest BCUT2D eigenvalue weighted by Gasteiger charge is 2.08. The second kappa shape index (κ2) is 7.50. The van der Waals surface area contributed by atoms with Crippen molar-refractivity contribution in [1.82, 2.24) is 5.32 Å². The third kappa shape index (κ3) is 7.19. The Kier molecular flexibility index (Phi) is 6.55. The molecule has 0 aliphatic rings. The topological polar surface area (TPSA) is 96.3 Å². The van der Waals surface area contributed by atoms with Crippen LogP contribution in [0.25, 0.3) is 0 Å². The average Bonchev–Trinajstić information content (AvgIpc) is 2.23. The summed E-state index contributed by atoms with van der Waals surface area (Å²) < 4.78 is 4.34. The van der Waals surface area contributed by atoms with E-state index in [0.29, 0.717) is 0 Å². The minimum atomic E-state index is -0.496. The quantitative estimate of drug-likeness (QED) is 0.601. The summed E-state index contributed by atoms with van der Waals surface area (Å²) in [5, 5.41) is 10.4. The zero-order valence-electron chi connectivity index (χ0n) is 8.41. The van der Waals surface area contributed by atoms with Gasteiger partial charge in [-0.05, 0) is 0 Å². The summed E-state index contributed by atoms with van der Waals surface area (Å²) in [7, 11) is 1.24. The molecule has 0 aromatic rings. The Balaban J connectivity index is 3.63. The van der Waals surface area contributed by atoms with Crippen LogP contribution in [0.3, 0.4) is 0 Å². The Morgan fingerprint density at radius 1 is 1.33 bits per heavy atom. The molecular formula is C9H12N2O4. The van der Waals surface area contributed by atoms with Crippen molar-refractivity contribution in [3.8, 4) is 6.07 Å². The first kappa shape index (κ1) is 13.1. The summed E-state index contributed by atoms with van der Waals surface area (Å²) in [6.45, 7) is -0.155. The van der Waals surface area contributed by atoms with E-state index < -0.39 is 11.9 Å². The molecule has 6 nitrogen and oxygen atoms in total. The molecule has 1 amide bonds. The van der Waals surface area contributed by atoms with Crippen LogP contribution in [0.4, 0.5) is 0 Å². The van der Waals surface area contributed by atoms with E-state index in [1.165, 1.54) is 7.11 Å². The van der Waals surface area contributed by atoms with Gasteiger partial charge in [0.15, 0.2) is 5.78 Å². The molecule has 0 fully saturated rings. The number of amides is 1. The third-order valence-electron chi connectivity index (χ3n) is 1.56. The van der Waals surface area contributed by atoms with E-state index in [1.807, 2.05) is 0 Å². The molecule has 0 saturated heterocycles. The highest BCUT2D eigenvalue weighted by molar-refractivity contribution is 5.88. The number of nitriles is 1. The first-order valence-electron chi connectivity index (χ1n) is 4.32. The molecule has 82 valence electrons. The number of hydrogen-bond donors (Lipinski definition) is 1. The predicted molar refractivity (Wildman–Crippen MR) is 49.5 cm³/mol. The number of ketones is 1. The normalized spacial score (nSPS) is 8.80. The van der Waals surface area contributed by atoms with Crippen molar-refractivity contribution in [2.75, 3.05) is 13.7 Å². The highest BCUT2D eigenvalue weighted by Crippen LogP contribution is 1.92. The Hall–Kier alpha value is -1.90. The standard InChI is InChI=1S/C9H12N2O4/c1-15-9(14)3-2-7(12)6-11-8(13)4-5-10/h2-4,6H2,1H3,(H,11,13). The van der Waals surface area contributed by atoms with Crippen LogP contribution >= 0.6 is 0 Å². The summed E-state index contributed by atoms with van der Waals surface area (Å²) in [6, 6.07) is 1.65. The maximum atomic E-state index is 11.1. The molecule has 0 radical (unpaired) electrons. The molecule has 0 aliphatic heterocycles. The Bertz CT molecular complexity index is 293. The van der Waals surface area contributed by atoms with E-state index in [1.54, 1.807) is 6.07 Å². The average molecular weight is 212 g/mol. The van der Waals surface area contributed by atoms with Crippen LogP contribution in [0, 0.1) is 11.3 Å². The zero-order chi connectivity index (χ0) is 11.7. The van der Waals surface area contributed by atoms with Gasteiger partial charge in [-0.15, -0.1) is 0 Å². The number of carbonyl (C=O) groups excluding carboxylic acids is 3. The fourth-order valence-corrected chi connectivity index (χ4v) is 0.763. The van der Waals surface area contributed by atoms with Crippen LogP contribution in [-0.2, 0) is 19.1 Å². The molecular weight excluding hydrogens is 200 g/mol. The number of nitrogens with one attached hydrogen (secondary N) is 1. The van der Waals surface area contributed by atoms with Crippen LogP contribution in [0.1, 0.15) is 19.3 Å². The second-order valence-electron chi connectivity index (χ2n) is 2.73. The molecule has 0 heterocycles. The van der Waals surface area contributed by atoms with Crippen LogP contribution in [0.5, 0.6) is 0 Å². The van der Waals surface area contributed by atoms with Gasteiger partial charge in [-0.3, -0.25) is 14.4 Å². The predicted octanol–water partition coefficient (Wildman–Crippen LogP) is -0.461. The van der Waals surface area contributed by atoms with Gasteiger partial charge in [-0.1, -0.05) is 0 Å². The molecule has 0 rings (SSSR count). The monoisotopic (exact) mass is 212 g/mol. The van der Waals surface area contributed by atoms with Gasteiger partial charge in [0.05, 0.1) is 26.1 Å². The van der Waals surface area contributed by atoms with Gasteiger partial charge in [0, 0.05) is 6.42 Å². The van der Waals surface area contributed by atoms with Crippen molar-refractivity contribution >= 4 is 17.7 Å². The number of carbonyl (C=O) groups is 3. The van der Waals surface area contributed by atoms with Crippen molar-refractivity contribution in [2.45, 2.75) is 19.3 Å². The third-order valence-corrected chi connectivity index (χ3v) is 1.56. The van der Waals surface area contributed by atoms with Crippen molar-refractivity contribution in [3.05, 3.63) is 0 Å². The molecule has 0 aromatic carbocycles. The van der Waals surface area contributed by atoms with E-state index in [9.17, 15) is 14.4 Å². The van der Waals surface area contributed by atoms with E-state index in [-0.39, 0.29) is 31.6 Å². The number of nitrogens with zero attached hydrogens (tertiary/aromatic N) is 1. The molecule has 1 N–H and O–H groups in total. The fourth-order valence-electron chi connectivity index (χ4n) is 0.763. The van der Waals surface area contributed by atoms with E-state index in [4.69, 9.17) is 5.26 Å². The van der Waals surface area contributed by atoms with Crippen molar-refractivity contribution in [2.24, 2.45) is 0 Å². The van der Waals surface area contributed by atoms with Crippen LogP contribution in [-0.4, -0.2) is 31.3 Å². The number of ether oxygens (including phenoxy) is 1. The fraction of sp³-hybridized carbons (Fsp3) is 0.556. The van der Waals surface area contributed by atoms with Gasteiger partial charge in [-0.25, -0.2) is 0 Å². The zero-order valence-corrected chi connectivity index (χ0v) is 8.41. The van der Waals surface area contributed by atoms with Gasteiger partial charge in [0.2, 0.25) is 5.91 Å². The van der Waals surface area contributed by atoms with Gasteiger partial charge in [0.25, 0.3) is 0 Å². The SMILES string of the molecule is COC(=O)CCC(=O)CNC(=O)CC#N. The maximum absolute atomic E-state index is 11.1. The van der Waals surface area contributed by atoms with Crippen molar-refractivity contribution < 1.29 is 19.1 Å². The number of rotatable bonds is 6. The summed E-state index contributed by atoms with van der Waals surface area (Å²) in [4.78, 5) is 32.5. The van der Waals surface area contributed by atoms with E-state index in [0.717, 1.165) is 0 Å². The summed E-state index contributed by atoms with van der Waals surface area (Å²) in [6.07, 6.45) is -0.243. The summed E-state index contributed by atoms with van der Waals surface area (Å²) in [5.41, 5.74) is 0. The largest absolute Gasteiger partial charge is 0.469 e. The molecule has 0 unspecified atom stereocenters. The smallest absolute Gasteiger partial charge is 0.305 e. The number of hydrogen-bond acceptors (Lipinski definition) is 5. The van der Waals surface area contributed by atoms with Crippen LogP contribution in [0.2, 0.25) is 0 Å². The van der Waals surface area contributed by atoms with E-state index >= 15 is 0 Å². The summed E-state index contributed by atoms with van der Waals surface area (Å²) in [5.74, 6) is -1.23. The van der Waals surface area contributed by atoms with Gasteiger partial charge in [0.1, 0.15) is 6.42 Å². The molecule has 0 bridgehead atoms. The molecule has 0 aromatic heterocycles. The number of methoxy groups -OCH3 is 1. The lowest BCUT2D eigenvalue weighted by Gasteiger charge is -2.01. The Labute approximate surface area is 87.2 Å². The molecule has 6 heteroatoms. The lowest BCUT2D eigenvalue weighted by atomic mass is 10.2. The lowest BCUT2D eigenvalue weighted by Crippen LogP contribution is -2.29. The highest BCUT2D eigenvalue weighted by atomic mass is 16.5. The van der Waals surface area contributed by atoms with Crippen molar-refractivity contribution in [1.29, 1.82) is 5.26 Å². The van der Waals surface area contributed by atoms with Gasteiger partial charge in [-0.2, -0.15) is 5.26 Å². The second-order valence-corrected chi connectivity index (χ2v) is 2.73. The number of Topliss-reactive ketones (excluding diaryl/α,β-unsaturated/α-hetero) is 1. The van der Waals surface area contributed by atoms with E-state index in [2.05, 4.69) is 10.1 Å². The molecule has 0 saturated carbocycles. The van der Waals surface area contributed by atoms with Crippen LogP contribution in [0.15, 0.2) is 0 Å². The molecule has 0 atom stereocenters. The van der Waals surface area contributed by atoms with Crippen LogP contribution < -0.4 is 5.32 Å². The van der Waals surface area contributed by atoms with Crippen molar-refractivity contribution in [3.63, 3.8) is 0 Å². The maximum Gasteiger partial charge on any atom is 0.305 e. The lowest BCUT2D eigenvalue weighted by molar-refractivity contribution is -0.141.